The summed E-state index contributed by atoms with van der Waals surface area (Å²) in [6.45, 7) is 2.05. The third kappa shape index (κ3) is 4.34. The molecule has 3 nitrogen and oxygen atoms in total. The van der Waals surface area contributed by atoms with Gasteiger partial charge in [0.25, 0.3) is 0 Å². The third-order valence-corrected chi connectivity index (χ3v) is 4.32. The van der Waals surface area contributed by atoms with Gasteiger partial charge in [-0.2, -0.15) is 0 Å². The Morgan fingerprint density at radius 1 is 1.09 bits per heavy atom. The van der Waals surface area contributed by atoms with E-state index in [1.165, 1.54) is 0 Å². The molecule has 0 spiro atoms. The van der Waals surface area contributed by atoms with Gasteiger partial charge in [-0.25, -0.2) is 0 Å². The normalized spacial score (nSPS) is 16.6. The first-order chi connectivity index (χ1) is 11.1. The third-order valence-electron chi connectivity index (χ3n) is 4.08. The summed E-state index contributed by atoms with van der Waals surface area (Å²) >= 11 is 6.08. The van der Waals surface area contributed by atoms with Gasteiger partial charge in [0.15, 0.2) is 0 Å². The van der Waals surface area contributed by atoms with E-state index in [9.17, 15) is 4.79 Å². The Balaban J connectivity index is 1.78. The Labute approximate surface area is 142 Å². The molecule has 1 saturated carbocycles. The fourth-order valence-corrected chi connectivity index (χ4v) is 2.80. The summed E-state index contributed by atoms with van der Waals surface area (Å²) in [5.41, 5.74) is 2.04. The lowest BCUT2D eigenvalue weighted by molar-refractivity contribution is -0.123. The minimum Gasteiger partial charge on any atom is -0.352 e. The highest BCUT2D eigenvalue weighted by Gasteiger charge is 2.29. The van der Waals surface area contributed by atoms with E-state index in [2.05, 4.69) is 10.6 Å². The van der Waals surface area contributed by atoms with Crippen LogP contribution in [0.15, 0.2) is 54.6 Å². The van der Waals surface area contributed by atoms with E-state index in [4.69, 9.17) is 11.6 Å². The second kappa shape index (κ2) is 7.16. The smallest absolute Gasteiger partial charge is 0.241 e. The summed E-state index contributed by atoms with van der Waals surface area (Å²) in [6, 6.07) is 17.6. The highest BCUT2D eigenvalue weighted by Crippen LogP contribution is 2.24. The van der Waals surface area contributed by atoms with Crippen molar-refractivity contribution in [2.24, 2.45) is 0 Å². The molecule has 4 heteroatoms. The summed E-state index contributed by atoms with van der Waals surface area (Å²) in [4.78, 5) is 12.6. The standard InChI is InChI=1S/C19H21ClN2O/c1-13(15-8-5-9-16(20)12-15)21-18(14-6-3-2-4-7-14)19(23)22-17-10-11-17/h2-9,12-13,17-18,21H,10-11H2,1H3,(H,22,23)/t13-,18-/m0/s1. The van der Waals surface area contributed by atoms with Crippen LogP contribution in [0, 0.1) is 0 Å². The van der Waals surface area contributed by atoms with Crippen molar-refractivity contribution in [1.82, 2.24) is 10.6 Å². The maximum atomic E-state index is 12.6. The second-order valence-electron chi connectivity index (χ2n) is 6.07. The lowest BCUT2D eigenvalue weighted by atomic mass is 10.0. The Kier molecular flexibility index (Phi) is 4.99. The molecule has 0 heterocycles. The summed E-state index contributed by atoms with van der Waals surface area (Å²) in [7, 11) is 0. The van der Waals surface area contributed by atoms with Gasteiger partial charge in [-0.15, -0.1) is 0 Å². The van der Waals surface area contributed by atoms with Crippen LogP contribution < -0.4 is 10.6 Å². The van der Waals surface area contributed by atoms with Crippen LogP contribution in [-0.4, -0.2) is 11.9 Å². The fraction of sp³-hybridized carbons (Fsp3) is 0.316. The zero-order valence-electron chi connectivity index (χ0n) is 13.1. The number of carbonyl (C=O) groups excluding carboxylic acids is 1. The van der Waals surface area contributed by atoms with Crippen LogP contribution in [0.5, 0.6) is 0 Å². The molecule has 120 valence electrons. The van der Waals surface area contributed by atoms with Gasteiger partial charge >= 0.3 is 0 Å². The molecule has 0 bridgehead atoms. The van der Waals surface area contributed by atoms with Crippen molar-refractivity contribution in [2.75, 3.05) is 0 Å². The molecule has 2 atom stereocenters. The SMILES string of the molecule is C[C@H](N[C@H](C(=O)NC1CC1)c1ccccc1)c1cccc(Cl)c1. The molecule has 2 N–H and O–H groups in total. The zero-order valence-corrected chi connectivity index (χ0v) is 13.9. The van der Waals surface area contributed by atoms with E-state index in [1.54, 1.807) is 0 Å². The van der Waals surface area contributed by atoms with E-state index in [0.29, 0.717) is 11.1 Å². The van der Waals surface area contributed by atoms with Gasteiger partial charge in [-0.1, -0.05) is 54.1 Å². The van der Waals surface area contributed by atoms with E-state index >= 15 is 0 Å². The van der Waals surface area contributed by atoms with Gasteiger partial charge < -0.3 is 5.32 Å². The van der Waals surface area contributed by atoms with Gasteiger partial charge in [0.2, 0.25) is 5.91 Å². The molecule has 1 aliphatic rings. The lowest BCUT2D eigenvalue weighted by Gasteiger charge is -2.23. The highest BCUT2D eigenvalue weighted by molar-refractivity contribution is 6.30. The molecule has 0 aliphatic heterocycles. The first kappa shape index (κ1) is 16.0. The molecule has 3 rings (SSSR count). The number of nitrogens with one attached hydrogen (secondary N) is 2. The quantitative estimate of drug-likeness (QED) is 0.841. The average molecular weight is 329 g/mol. The number of amides is 1. The van der Waals surface area contributed by atoms with E-state index in [-0.39, 0.29) is 18.0 Å². The largest absolute Gasteiger partial charge is 0.352 e. The van der Waals surface area contributed by atoms with Crippen LogP contribution in [0.4, 0.5) is 0 Å². The van der Waals surface area contributed by atoms with Crippen LogP contribution in [0.3, 0.4) is 0 Å². The molecule has 0 radical (unpaired) electrons. The molecule has 0 unspecified atom stereocenters. The second-order valence-corrected chi connectivity index (χ2v) is 6.51. The molecule has 1 aliphatic carbocycles. The number of rotatable bonds is 6. The van der Waals surface area contributed by atoms with E-state index < -0.39 is 0 Å². The monoisotopic (exact) mass is 328 g/mol. The van der Waals surface area contributed by atoms with Gasteiger partial charge in [-0.3, -0.25) is 10.1 Å². The molecule has 1 fully saturated rings. The predicted molar refractivity (Wildman–Crippen MR) is 93.4 cm³/mol. The van der Waals surface area contributed by atoms with E-state index in [1.807, 2.05) is 61.5 Å². The topological polar surface area (TPSA) is 41.1 Å². The van der Waals surface area contributed by atoms with Gasteiger partial charge in [-0.05, 0) is 43.0 Å². The molecular formula is C19H21ClN2O. The van der Waals surface area contributed by atoms with Crippen molar-refractivity contribution in [3.05, 3.63) is 70.7 Å². The van der Waals surface area contributed by atoms with Crippen molar-refractivity contribution in [2.45, 2.75) is 37.9 Å². The van der Waals surface area contributed by atoms with Crippen LogP contribution >= 0.6 is 11.6 Å². The molecule has 1 amide bonds. The summed E-state index contributed by atoms with van der Waals surface area (Å²) < 4.78 is 0. The number of hydrogen-bond donors (Lipinski definition) is 2. The number of benzene rings is 2. The maximum absolute atomic E-state index is 12.6. The molecule has 2 aromatic rings. The Morgan fingerprint density at radius 2 is 1.78 bits per heavy atom. The zero-order chi connectivity index (χ0) is 16.2. The first-order valence-electron chi connectivity index (χ1n) is 8.00. The van der Waals surface area contributed by atoms with Crippen LogP contribution in [0.1, 0.15) is 43.0 Å². The van der Waals surface area contributed by atoms with Crippen molar-refractivity contribution < 1.29 is 4.79 Å². The van der Waals surface area contributed by atoms with Crippen LogP contribution in [-0.2, 0) is 4.79 Å². The highest BCUT2D eigenvalue weighted by atomic mass is 35.5. The minimum atomic E-state index is -0.370. The van der Waals surface area contributed by atoms with Crippen LogP contribution in [0.2, 0.25) is 5.02 Å². The Hall–Kier alpha value is -1.84. The molecule has 0 saturated heterocycles. The summed E-state index contributed by atoms with van der Waals surface area (Å²) in [6.07, 6.45) is 2.16. The van der Waals surface area contributed by atoms with Crippen molar-refractivity contribution in [1.29, 1.82) is 0 Å². The van der Waals surface area contributed by atoms with Crippen molar-refractivity contribution >= 4 is 17.5 Å². The van der Waals surface area contributed by atoms with Gasteiger partial charge in [0.1, 0.15) is 6.04 Å². The van der Waals surface area contributed by atoms with Crippen molar-refractivity contribution in [3.8, 4) is 0 Å². The Morgan fingerprint density at radius 3 is 2.43 bits per heavy atom. The maximum Gasteiger partial charge on any atom is 0.241 e. The number of carbonyl (C=O) groups is 1. The Bertz CT molecular complexity index is 670. The number of halogens is 1. The molecule has 23 heavy (non-hydrogen) atoms. The molecule has 2 aromatic carbocycles. The summed E-state index contributed by atoms with van der Waals surface area (Å²) in [5.74, 6) is 0.0348. The van der Waals surface area contributed by atoms with E-state index in [0.717, 1.165) is 24.0 Å². The van der Waals surface area contributed by atoms with Crippen LogP contribution in [0.25, 0.3) is 0 Å². The average Bonchev–Trinajstić information content (AvgIpc) is 3.37. The molecule has 0 aromatic heterocycles. The van der Waals surface area contributed by atoms with Gasteiger partial charge in [0, 0.05) is 17.1 Å². The molecular weight excluding hydrogens is 308 g/mol. The minimum absolute atomic E-state index is 0.0175. The number of hydrogen-bond acceptors (Lipinski definition) is 2. The predicted octanol–water partition coefficient (Wildman–Crippen LogP) is 4.01. The van der Waals surface area contributed by atoms with Gasteiger partial charge in [0.05, 0.1) is 0 Å². The lowest BCUT2D eigenvalue weighted by Crippen LogP contribution is -2.39. The van der Waals surface area contributed by atoms with Crippen molar-refractivity contribution in [3.63, 3.8) is 0 Å². The first-order valence-corrected chi connectivity index (χ1v) is 8.38. The fourth-order valence-electron chi connectivity index (χ4n) is 2.60. The summed E-state index contributed by atoms with van der Waals surface area (Å²) in [5, 5.41) is 7.24.